The van der Waals surface area contributed by atoms with Crippen LogP contribution in [-0.4, -0.2) is 62.8 Å². The van der Waals surface area contributed by atoms with Gasteiger partial charge in [0.2, 0.25) is 50.9 Å². The molecule has 0 saturated carbocycles. The van der Waals surface area contributed by atoms with E-state index in [1.54, 1.807) is 24.3 Å². The average Bonchev–Trinajstić information content (AvgIpc) is 2.93. The van der Waals surface area contributed by atoms with Gasteiger partial charge in [-0.1, -0.05) is 39.0 Å². The molecule has 2 rings (SSSR count). The summed E-state index contributed by atoms with van der Waals surface area (Å²) in [5, 5.41) is 6.47. The third-order valence-corrected chi connectivity index (χ3v) is 6.45. The zero-order valence-electron chi connectivity index (χ0n) is 24.4. The lowest BCUT2D eigenvalue weighted by Crippen LogP contribution is -2.53. The first kappa shape index (κ1) is 36.6. The Morgan fingerprint density at radius 1 is 0.844 bits per heavy atom. The second-order valence-electron chi connectivity index (χ2n) is 10.7. The number of carbonyl (C=O) groups is 5. The molecule has 0 aliphatic heterocycles. The number of Topliss-reactive ketones (excluding diaryl/α,β-unsaturated/α-hetero) is 1. The molecule has 0 radical (unpaired) electrons. The first-order valence-electron chi connectivity index (χ1n) is 12.8. The molecule has 0 unspecified atom stereocenters. The number of sulfonamides is 1. The minimum absolute atomic E-state index is 0.318. The van der Waals surface area contributed by atoms with Crippen molar-refractivity contribution in [2.45, 2.75) is 51.6 Å². The third-order valence-electron chi connectivity index (χ3n) is 5.85. The Labute approximate surface area is 254 Å². The molecule has 12 nitrogen and oxygen atoms in total. The molecular weight excluding hydrogens is 635 g/mol. The Morgan fingerprint density at radius 3 is 1.91 bits per heavy atom. The van der Waals surface area contributed by atoms with Crippen molar-refractivity contribution < 1.29 is 59.1 Å². The van der Waals surface area contributed by atoms with Gasteiger partial charge in [0.25, 0.3) is 0 Å². The predicted octanol–water partition coefficient (Wildman–Crippen LogP) is 1.72. The number of para-hydroxylation sites is 1. The van der Waals surface area contributed by atoms with Crippen LogP contribution < -0.4 is 25.4 Å². The Morgan fingerprint density at radius 2 is 1.38 bits per heavy atom. The van der Waals surface area contributed by atoms with Crippen molar-refractivity contribution in [3.63, 3.8) is 0 Å². The van der Waals surface area contributed by atoms with Crippen LogP contribution >= 0.6 is 0 Å². The predicted molar refractivity (Wildman–Crippen MR) is 148 cm³/mol. The van der Waals surface area contributed by atoms with Crippen LogP contribution in [0.2, 0.25) is 0 Å². The molecule has 18 heteroatoms. The maximum atomic E-state index is 13.9. The van der Waals surface area contributed by atoms with E-state index in [-0.39, 0.29) is 0 Å². The monoisotopic (exact) mass is 664 g/mol. The second-order valence-corrected chi connectivity index (χ2v) is 12.4. The van der Waals surface area contributed by atoms with Crippen LogP contribution in [0.3, 0.4) is 0 Å². The van der Waals surface area contributed by atoms with E-state index in [0.29, 0.717) is 17.5 Å². The van der Waals surface area contributed by atoms with Gasteiger partial charge in [-0.3, -0.25) is 28.7 Å². The lowest BCUT2D eigenvalue weighted by atomic mass is 9.86. The van der Waals surface area contributed by atoms with Crippen LogP contribution in [0.25, 0.3) is 0 Å². The van der Waals surface area contributed by atoms with Gasteiger partial charge in [-0.25, -0.2) is 21.6 Å². The molecule has 4 amide bonds. The van der Waals surface area contributed by atoms with E-state index >= 15 is 0 Å². The highest BCUT2D eigenvalue weighted by Gasteiger charge is 2.31. The maximum absolute atomic E-state index is 13.9. The highest BCUT2D eigenvalue weighted by Crippen LogP contribution is 2.30. The van der Waals surface area contributed by atoms with Crippen molar-refractivity contribution in [2.75, 3.05) is 18.2 Å². The van der Waals surface area contributed by atoms with Gasteiger partial charge < -0.3 is 20.7 Å². The summed E-state index contributed by atoms with van der Waals surface area (Å²) in [6, 6.07) is 3.05. The number of hydrogen-bond donors (Lipinski definition) is 4. The van der Waals surface area contributed by atoms with Crippen LogP contribution in [0.5, 0.6) is 5.75 Å². The van der Waals surface area contributed by atoms with E-state index in [2.05, 4.69) is 15.4 Å². The van der Waals surface area contributed by atoms with Gasteiger partial charge in [-0.2, -0.15) is 8.78 Å². The quantitative estimate of drug-likeness (QED) is 0.122. The van der Waals surface area contributed by atoms with Crippen molar-refractivity contribution in [1.29, 1.82) is 0 Å². The van der Waals surface area contributed by atoms with Crippen LogP contribution in [0.4, 0.5) is 27.6 Å². The highest BCUT2D eigenvalue weighted by molar-refractivity contribution is 7.89. The summed E-state index contributed by atoms with van der Waals surface area (Å²) in [5.74, 6) is -20.3. The van der Waals surface area contributed by atoms with Crippen molar-refractivity contribution in [3.05, 3.63) is 58.9 Å². The number of benzene rings is 2. The van der Waals surface area contributed by atoms with E-state index in [9.17, 15) is 54.3 Å². The molecule has 0 aliphatic carbocycles. The molecule has 2 aromatic carbocycles. The number of nitrogens with one attached hydrogen (secondary N) is 4. The van der Waals surface area contributed by atoms with Crippen molar-refractivity contribution in [2.24, 2.45) is 0 Å². The Balaban J connectivity index is 2.19. The number of carbonyl (C=O) groups excluding carboxylic acids is 5. The van der Waals surface area contributed by atoms with E-state index in [1.807, 2.05) is 26.1 Å². The van der Waals surface area contributed by atoms with E-state index in [0.717, 1.165) is 6.92 Å². The summed E-state index contributed by atoms with van der Waals surface area (Å²) in [5.41, 5.74) is 0.594. The number of ketones is 1. The first-order chi connectivity index (χ1) is 20.6. The van der Waals surface area contributed by atoms with Gasteiger partial charge in [0.1, 0.15) is 12.6 Å². The van der Waals surface area contributed by atoms with Crippen molar-refractivity contribution in [3.8, 4) is 5.75 Å². The van der Waals surface area contributed by atoms with E-state index < -0.39 is 105 Å². The van der Waals surface area contributed by atoms with Gasteiger partial charge in [-0.15, -0.1) is 0 Å². The molecule has 0 spiro atoms. The van der Waals surface area contributed by atoms with Gasteiger partial charge >= 0.3 is 11.8 Å². The molecule has 0 bridgehead atoms. The number of hydrogen-bond acceptors (Lipinski definition) is 8. The highest BCUT2D eigenvalue weighted by atomic mass is 32.2. The Bertz CT molecular complexity index is 1600. The molecule has 2 atom stereocenters. The molecule has 246 valence electrons. The van der Waals surface area contributed by atoms with Crippen LogP contribution in [0, 0.1) is 29.1 Å². The fourth-order valence-electron chi connectivity index (χ4n) is 3.68. The number of amides is 4. The normalized spacial score (nSPS) is 12.8. The minimum atomic E-state index is -4.16. The third kappa shape index (κ3) is 9.95. The topological polar surface area (TPSA) is 177 Å². The summed E-state index contributed by atoms with van der Waals surface area (Å²) in [7, 11) is -4.16. The molecular formula is C27H29F5N4O8S. The molecule has 45 heavy (non-hydrogen) atoms. The standard InChI is InChI=1S/C27H29F5N4O8S/c1-12(33-25(40)26(41)34-14-9-7-6-8-13(14)27(2,3)4)24(39)35-15(10-17(38)36-45(5,42)43)16(37)11-44-23-21(31)19(29)18(28)20(30)22(23)32/h6-9,12,15H,10-11H2,1-5H3,(H,33,40)(H,34,41)(H,35,39)(H,36,38)/t12-,15-/m0/s1. The summed E-state index contributed by atoms with van der Waals surface area (Å²) >= 11 is 0. The van der Waals surface area contributed by atoms with Gasteiger partial charge in [0, 0.05) is 5.69 Å². The summed E-state index contributed by atoms with van der Waals surface area (Å²) in [6.45, 7) is 5.21. The summed E-state index contributed by atoms with van der Waals surface area (Å²) in [6.07, 6.45) is -0.516. The largest absolute Gasteiger partial charge is 0.479 e. The van der Waals surface area contributed by atoms with Crippen LogP contribution in [-0.2, 0) is 39.4 Å². The van der Waals surface area contributed by atoms with Crippen molar-refractivity contribution >= 4 is 45.1 Å². The average molecular weight is 665 g/mol. The molecule has 0 saturated heterocycles. The Hall–Kier alpha value is -4.61. The van der Waals surface area contributed by atoms with Crippen LogP contribution in [0.15, 0.2) is 24.3 Å². The number of rotatable bonds is 11. The number of anilines is 1. The molecule has 0 heterocycles. The molecule has 0 aliphatic rings. The molecule has 0 aromatic heterocycles. The van der Waals surface area contributed by atoms with Gasteiger partial charge in [0.05, 0.1) is 18.7 Å². The minimum Gasteiger partial charge on any atom is -0.479 e. The lowest BCUT2D eigenvalue weighted by Gasteiger charge is -2.23. The van der Waals surface area contributed by atoms with Gasteiger partial charge in [0.15, 0.2) is 11.5 Å². The van der Waals surface area contributed by atoms with Crippen LogP contribution in [0.1, 0.15) is 39.7 Å². The SMILES string of the molecule is C[C@H](NC(=O)C(=O)Nc1ccccc1C(C)(C)C)C(=O)N[C@@H](CC(=O)NS(C)(=O)=O)C(=O)COc1c(F)c(F)c(F)c(F)c1F. The summed E-state index contributed by atoms with van der Waals surface area (Å²) < 4.78 is 96.9. The van der Waals surface area contributed by atoms with Gasteiger partial charge in [-0.05, 0) is 24.0 Å². The smallest absolute Gasteiger partial charge is 0.313 e. The zero-order valence-corrected chi connectivity index (χ0v) is 25.3. The lowest BCUT2D eigenvalue weighted by molar-refractivity contribution is -0.138. The second kappa shape index (κ2) is 14.4. The molecule has 0 fully saturated rings. The van der Waals surface area contributed by atoms with E-state index in [1.165, 1.54) is 4.72 Å². The number of halogens is 5. The molecule has 2 aromatic rings. The van der Waals surface area contributed by atoms with E-state index in [4.69, 9.17) is 0 Å². The summed E-state index contributed by atoms with van der Waals surface area (Å²) in [4.78, 5) is 62.7. The fourth-order valence-corrected chi connectivity index (χ4v) is 4.18. The van der Waals surface area contributed by atoms with Crippen molar-refractivity contribution in [1.82, 2.24) is 15.4 Å². The molecule has 4 N–H and O–H groups in total. The Kier molecular flexibility index (Phi) is 11.7. The maximum Gasteiger partial charge on any atom is 0.313 e. The fraction of sp³-hybridized carbons (Fsp3) is 0.370. The number of ether oxygens (including phenoxy) is 1. The zero-order chi connectivity index (χ0) is 34.4. The first-order valence-corrected chi connectivity index (χ1v) is 14.7.